The number of fused-ring (bicyclic) bond motifs is 6. The van der Waals surface area contributed by atoms with E-state index in [0.717, 1.165) is 143 Å². The molecule has 4 saturated heterocycles. The Kier molecular flexibility index (Phi) is 23.5. The normalized spacial score (nSPS) is 17.2. The third-order valence-corrected chi connectivity index (χ3v) is 15.5. The van der Waals surface area contributed by atoms with Crippen LogP contribution >= 0.6 is 11.6 Å². The zero-order valence-corrected chi connectivity index (χ0v) is 50.1. The van der Waals surface area contributed by atoms with Gasteiger partial charge < -0.3 is 56.6 Å². The van der Waals surface area contributed by atoms with Gasteiger partial charge in [0.1, 0.15) is 23.7 Å². The van der Waals surface area contributed by atoms with E-state index in [0.29, 0.717) is 36.3 Å². The van der Waals surface area contributed by atoms with Crippen LogP contribution in [0.4, 0.5) is 43.2 Å². The fourth-order valence-corrected chi connectivity index (χ4v) is 10.9. The lowest BCUT2D eigenvalue weighted by atomic mass is 10.1. The van der Waals surface area contributed by atoms with Crippen molar-refractivity contribution >= 4 is 80.8 Å². The second kappa shape index (κ2) is 31.7. The Balaban J connectivity index is 0.000000152. The lowest BCUT2D eigenvalue weighted by molar-refractivity contribution is -0.118. The number of aromatic nitrogens is 2. The summed E-state index contributed by atoms with van der Waals surface area (Å²) in [6.07, 6.45) is 7.49. The number of amides is 5. The highest BCUT2D eigenvalue weighted by Gasteiger charge is 2.38. The summed E-state index contributed by atoms with van der Waals surface area (Å²) in [6, 6.07) is 30.0. The van der Waals surface area contributed by atoms with Crippen molar-refractivity contribution in [3.8, 4) is 0 Å². The van der Waals surface area contributed by atoms with E-state index in [-0.39, 0.29) is 59.9 Å². The molecule has 7 N–H and O–H groups in total. The van der Waals surface area contributed by atoms with Gasteiger partial charge in [-0.15, -0.1) is 0 Å². The molecule has 2 aromatic heterocycles. The highest BCUT2D eigenvalue weighted by Crippen LogP contribution is 2.37. The molecule has 23 heteroatoms. The number of aliphatic hydroxyl groups excluding tert-OH is 1. The van der Waals surface area contributed by atoms with Gasteiger partial charge in [-0.05, 0) is 178 Å². The van der Waals surface area contributed by atoms with E-state index < -0.39 is 5.24 Å². The molecule has 5 amide bonds. The molecule has 6 aliphatic rings. The number of nitrogens with zero attached hydrogens (tertiary/aromatic N) is 7. The van der Waals surface area contributed by atoms with Crippen molar-refractivity contribution in [2.75, 3.05) is 115 Å². The Morgan fingerprint density at radius 1 is 0.552 bits per heavy atom. The molecular weight excluding hydrogens is 1140 g/mol. The molecule has 0 bridgehead atoms. The zero-order valence-electron chi connectivity index (χ0n) is 49.3. The third-order valence-electron chi connectivity index (χ3n) is 15.3. The van der Waals surface area contributed by atoms with E-state index in [4.69, 9.17) is 21.7 Å². The van der Waals surface area contributed by atoms with E-state index in [1.165, 1.54) is 54.2 Å². The van der Waals surface area contributed by atoms with Crippen LogP contribution in [0.25, 0.3) is 0 Å². The van der Waals surface area contributed by atoms with Crippen LogP contribution in [0, 0.1) is 11.6 Å². The zero-order chi connectivity index (χ0) is 61.8. The molecule has 460 valence electrons. The molecule has 2 atom stereocenters. The number of rotatable bonds is 12. The van der Waals surface area contributed by atoms with E-state index in [2.05, 4.69) is 67.5 Å². The maximum atomic E-state index is 12.4. The van der Waals surface area contributed by atoms with E-state index in [9.17, 15) is 37.5 Å². The minimum atomic E-state index is -0.569. The number of piperazine rings is 2. The van der Waals surface area contributed by atoms with Gasteiger partial charge >= 0.3 is 0 Å². The summed E-state index contributed by atoms with van der Waals surface area (Å²) in [5, 5.41) is 25.9. The number of benzene rings is 4. The highest BCUT2D eigenvalue weighted by atomic mass is 35.5. The van der Waals surface area contributed by atoms with Crippen molar-refractivity contribution in [2.45, 2.75) is 71.7 Å². The standard InChI is InChI=1S/C24H30N6O2.C13H19N3O.C11H13N3O2.C9H10FNO.C7H4ClFO/c1-2-25-23(31)18-5-7-19(8-6-18)29-12-10-28(11-13-29)16-17-14-20-22(26-15-17)30-9-3-4-21(30)24(32)27-20;1-2-15-13(17)11-3-5-12(6-4-11)16-9-7-14-8-10-16;15-6-7-4-8-10(12-5-7)14-3-1-2-9(14)11(16)13-8;1-2-11-9(12)7-3-5-8(10)6-4-7;8-7(10)5-1-3-6(9)4-2-5/h5-8,14-15,21H,2-4,9-13,16H2,1H3,(H,25,31)(H,27,32);3-6,14H,2,7-10H2,1H3,(H,15,17);4-5,9,15H,1-3,6H2,(H,13,16);3-6H,2H2,1H3,(H,11,12);1-4H/t21-;;9-;;/m0.0../s1. The number of hydrogen-bond donors (Lipinski definition) is 7. The number of carbonyl (C=O) groups is 6. The number of aliphatic hydroxyl groups is 1. The highest BCUT2D eigenvalue weighted by molar-refractivity contribution is 6.67. The van der Waals surface area contributed by atoms with Crippen molar-refractivity contribution in [3.05, 3.63) is 167 Å². The molecule has 0 radical (unpaired) electrons. The number of nitrogens with one attached hydrogen (secondary N) is 6. The second-order valence-corrected chi connectivity index (χ2v) is 21.6. The second-order valence-electron chi connectivity index (χ2n) is 21.2. The van der Waals surface area contributed by atoms with Crippen molar-refractivity contribution in [1.82, 2.24) is 36.1 Å². The van der Waals surface area contributed by atoms with Gasteiger partial charge in [0.25, 0.3) is 23.0 Å². The number of pyridine rings is 2. The van der Waals surface area contributed by atoms with Crippen molar-refractivity contribution in [1.29, 1.82) is 0 Å². The van der Waals surface area contributed by atoms with Gasteiger partial charge in [0.15, 0.2) is 11.6 Å². The first kappa shape index (κ1) is 64.4. The van der Waals surface area contributed by atoms with Crippen LogP contribution < -0.4 is 51.5 Å². The van der Waals surface area contributed by atoms with Crippen LogP contribution in [-0.4, -0.2) is 152 Å². The van der Waals surface area contributed by atoms with Crippen LogP contribution in [0.15, 0.2) is 122 Å². The molecule has 0 spiro atoms. The molecule has 6 aliphatic heterocycles. The quantitative estimate of drug-likeness (QED) is 0.0601. The predicted molar refractivity (Wildman–Crippen MR) is 335 cm³/mol. The smallest absolute Gasteiger partial charge is 0.252 e. The minimum absolute atomic E-state index is 0.000592. The molecule has 6 aromatic rings. The molecule has 0 saturated carbocycles. The van der Waals surface area contributed by atoms with Crippen LogP contribution in [-0.2, 0) is 22.7 Å². The first-order chi connectivity index (χ1) is 42.2. The van der Waals surface area contributed by atoms with E-state index >= 15 is 0 Å². The topological polar surface area (TPSA) is 237 Å². The van der Waals surface area contributed by atoms with Gasteiger partial charge in [0, 0.05) is 138 Å². The summed E-state index contributed by atoms with van der Waals surface area (Å²) in [5.74, 6) is 0.985. The van der Waals surface area contributed by atoms with Crippen LogP contribution in [0.2, 0.25) is 0 Å². The summed E-state index contributed by atoms with van der Waals surface area (Å²) >= 11 is 5.09. The summed E-state index contributed by atoms with van der Waals surface area (Å²) in [5.41, 5.74) is 7.97. The lowest BCUT2D eigenvalue weighted by Gasteiger charge is -2.36. The fraction of sp³-hybridized carbons (Fsp3) is 0.375. The molecular formula is C64H76ClF2N13O7. The van der Waals surface area contributed by atoms with Crippen molar-refractivity contribution < 1.29 is 42.7 Å². The van der Waals surface area contributed by atoms with Gasteiger partial charge in [-0.25, -0.2) is 18.7 Å². The Morgan fingerprint density at radius 2 is 0.943 bits per heavy atom. The Hall–Kier alpha value is -8.57. The monoisotopic (exact) mass is 1210 g/mol. The number of carbonyl (C=O) groups excluding carboxylic acids is 6. The van der Waals surface area contributed by atoms with Gasteiger partial charge in [0.2, 0.25) is 11.8 Å². The summed E-state index contributed by atoms with van der Waals surface area (Å²) in [7, 11) is 0. The third kappa shape index (κ3) is 17.6. The Morgan fingerprint density at radius 3 is 1.36 bits per heavy atom. The van der Waals surface area contributed by atoms with Crippen LogP contribution in [0.1, 0.15) is 99.0 Å². The molecule has 87 heavy (non-hydrogen) atoms. The number of halogens is 3. The molecule has 20 nitrogen and oxygen atoms in total. The predicted octanol–water partition coefficient (Wildman–Crippen LogP) is 7.20. The van der Waals surface area contributed by atoms with Crippen LogP contribution in [0.3, 0.4) is 0 Å². The Bertz CT molecular complexity index is 3300. The first-order valence-corrected chi connectivity index (χ1v) is 30.0. The maximum absolute atomic E-state index is 12.4. The molecule has 4 aromatic carbocycles. The molecule has 4 fully saturated rings. The Labute approximate surface area is 511 Å². The van der Waals surface area contributed by atoms with Gasteiger partial charge in [-0.3, -0.25) is 33.7 Å². The SMILES string of the molecule is CCNC(=O)c1ccc(F)cc1.CCNC(=O)c1ccc(N2CCN(Cc3cnc4c(c3)NC(=O)[C@@H]3CCCN43)CC2)cc1.CCNC(=O)c1ccc(N2CCNCC2)cc1.O=C(Cl)c1ccc(F)cc1.O=C1Nc2cc(CO)cnc2N2CCC[C@@H]12. The maximum Gasteiger partial charge on any atom is 0.252 e. The van der Waals surface area contributed by atoms with Gasteiger partial charge in [-0.2, -0.15) is 0 Å². The summed E-state index contributed by atoms with van der Waals surface area (Å²) in [6.45, 7) is 18.0. The summed E-state index contributed by atoms with van der Waals surface area (Å²) in [4.78, 5) is 89.6. The van der Waals surface area contributed by atoms with E-state index in [1.807, 2.05) is 75.5 Å². The van der Waals surface area contributed by atoms with Crippen LogP contribution in [0.5, 0.6) is 0 Å². The van der Waals surface area contributed by atoms with Crippen molar-refractivity contribution in [2.24, 2.45) is 0 Å². The fourth-order valence-electron chi connectivity index (χ4n) is 10.8. The molecule has 0 aliphatic carbocycles. The number of hydrogen-bond acceptors (Lipinski definition) is 15. The average molecular weight is 1210 g/mol. The molecule has 0 unspecified atom stereocenters. The first-order valence-electron chi connectivity index (χ1n) is 29.6. The summed E-state index contributed by atoms with van der Waals surface area (Å²) < 4.78 is 24.6. The molecule has 12 rings (SSSR count). The minimum Gasteiger partial charge on any atom is -0.392 e. The van der Waals surface area contributed by atoms with Gasteiger partial charge in [-0.1, -0.05) is 0 Å². The average Bonchev–Trinajstić information content (AvgIpc) is 2.26. The largest absolute Gasteiger partial charge is 0.392 e. The number of anilines is 6. The van der Waals surface area contributed by atoms with E-state index in [1.54, 1.807) is 12.3 Å². The van der Waals surface area contributed by atoms with Crippen molar-refractivity contribution in [3.63, 3.8) is 0 Å². The molecule has 8 heterocycles. The van der Waals surface area contributed by atoms with Gasteiger partial charge in [0.05, 0.1) is 18.0 Å². The lowest BCUT2D eigenvalue weighted by Crippen LogP contribution is -2.46.